The van der Waals surface area contributed by atoms with Gasteiger partial charge in [-0.25, -0.2) is 18.5 Å². The Balaban J connectivity index is 2.16. The average Bonchev–Trinajstić information content (AvgIpc) is 3.01. The molecule has 3 rings (SSSR count). The van der Waals surface area contributed by atoms with Crippen LogP contribution in [0.1, 0.15) is 58.6 Å². The van der Waals surface area contributed by atoms with E-state index < -0.39 is 17.2 Å². The molecular weight excluding hydrogens is 563 g/mol. The molecule has 0 bridgehead atoms. The third-order valence-electron chi connectivity index (χ3n) is 7.42. The van der Waals surface area contributed by atoms with E-state index in [2.05, 4.69) is 27.3 Å². The summed E-state index contributed by atoms with van der Waals surface area (Å²) in [6, 6.07) is 5.82. The van der Waals surface area contributed by atoms with Crippen LogP contribution in [0.3, 0.4) is 0 Å². The molecule has 12 heteroatoms. The van der Waals surface area contributed by atoms with Crippen LogP contribution in [0, 0.1) is 23.1 Å². The molecule has 0 saturated heterocycles. The van der Waals surface area contributed by atoms with Crippen molar-refractivity contribution in [3.05, 3.63) is 104 Å². The maximum Gasteiger partial charge on any atom is 0.355 e. The first kappa shape index (κ1) is 33.5. The second-order valence-electron chi connectivity index (χ2n) is 10.6. The molecule has 0 spiro atoms. The Morgan fingerprint density at radius 2 is 1.91 bits per heavy atom. The summed E-state index contributed by atoms with van der Waals surface area (Å²) in [7, 11) is 1.69. The normalized spacial score (nSPS) is 15.6. The predicted octanol–water partition coefficient (Wildman–Crippen LogP) is 4.04. The van der Waals surface area contributed by atoms with Crippen molar-refractivity contribution in [1.29, 1.82) is 5.26 Å². The summed E-state index contributed by atoms with van der Waals surface area (Å²) in [6.45, 7) is 13.2. The lowest BCUT2D eigenvalue weighted by Gasteiger charge is -2.23. The maximum atomic E-state index is 14.1. The number of carbonyl (C=O) groups is 1. The van der Waals surface area contributed by atoms with Crippen LogP contribution in [0.4, 0.5) is 10.3 Å². The van der Waals surface area contributed by atoms with E-state index in [4.69, 9.17) is 0 Å². The number of nitrogens with zero attached hydrogens (tertiary/aromatic N) is 6. The highest BCUT2D eigenvalue weighted by atomic mass is 19.1. The van der Waals surface area contributed by atoms with E-state index in [-0.39, 0.29) is 48.0 Å². The number of nitrogens with one attached hydrogen (secondary N) is 2. The lowest BCUT2D eigenvalue weighted by atomic mass is 10.0. The van der Waals surface area contributed by atoms with E-state index in [0.717, 1.165) is 22.6 Å². The fourth-order valence-electron chi connectivity index (χ4n) is 4.31. The highest BCUT2D eigenvalue weighted by Gasteiger charge is 2.23. The molecular formula is C32H39FN8O3. The Bertz CT molecular complexity index is 1710. The van der Waals surface area contributed by atoms with E-state index in [1.165, 1.54) is 34.0 Å². The largest absolute Gasteiger partial charge is 0.382 e. The average molecular weight is 603 g/mol. The van der Waals surface area contributed by atoms with Crippen LogP contribution in [-0.4, -0.2) is 43.7 Å². The van der Waals surface area contributed by atoms with Gasteiger partial charge in [0.15, 0.2) is 0 Å². The van der Waals surface area contributed by atoms with Crippen LogP contribution in [-0.2, 0) is 17.9 Å². The lowest BCUT2D eigenvalue weighted by Crippen LogP contribution is -2.45. The smallest absolute Gasteiger partial charge is 0.355 e. The highest BCUT2D eigenvalue weighted by molar-refractivity contribution is 6.08. The number of aromatic nitrogens is 3. The second kappa shape index (κ2) is 14.9. The van der Waals surface area contributed by atoms with E-state index in [1.807, 2.05) is 40.7 Å². The van der Waals surface area contributed by atoms with Crippen molar-refractivity contribution in [2.75, 3.05) is 12.4 Å². The standard InChI is InChI=1S/C32H39FN8O3/c1-8-20(5)28(38-39(7)11-4)19-41-31(43)37-30(40(32(41)44)18-22-12-13-25(33)24(14-22)17-34)36-27-15-23(10-3)26(16-29(27)42)35-21(6)9-2/h10-16,20-21,35H,4,8-9,18-19H2,1-3,5-7H3,(H,36,37,43)/b23-10-,38-28-. The van der Waals surface area contributed by atoms with Crippen LogP contribution in [0.2, 0.25) is 0 Å². The minimum absolute atomic E-state index is 0.0699. The van der Waals surface area contributed by atoms with Crippen LogP contribution in [0.5, 0.6) is 0 Å². The third kappa shape index (κ3) is 7.86. The number of rotatable bonds is 13. The fraction of sp³-hybridized carbons (Fsp3) is 0.375. The van der Waals surface area contributed by atoms with Gasteiger partial charge >= 0.3 is 11.4 Å². The van der Waals surface area contributed by atoms with Gasteiger partial charge in [0, 0.05) is 31.1 Å². The second-order valence-corrected chi connectivity index (χ2v) is 10.6. The van der Waals surface area contributed by atoms with E-state index >= 15 is 0 Å². The van der Waals surface area contributed by atoms with E-state index in [9.17, 15) is 24.0 Å². The molecule has 0 fully saturated rings. The van der Waals surface area contributed by atoms with Gasteiger partial charge in [0.05, 0.1) is 30.1 Å². The van der Waals surface area contributed by atoms with Gasteiger partial charge in [-0.05, 0) is 62.0 Å². The molecule has 1 aliphatic rings. The molecule has 1 aliphatic carbocycles. The summed E-state index contributed by atoms with van der Waals surface area (Å²) in [6.07, 6.45) is 7.98. The topological polar surface area (TPSA) is 137 Å². The number of nitriles is 1. The van der Waals surface area contributed by atoms with Crippen molar-refractivity contribution in [2.24, 2.45) is 11.0 Å². The molecule has 1 heterocycles. The number of benzene rings is 1. The number of halogens is 1. The van der Waals surface area contributed by atoms with Gasteiger partial charge < -0.3 is 10.6 Å². The Kier molecular flexibility index (Phi) is 11.3. The van der Waals surface area contributed by atoms with Crippen LogP contribution in [0.25, 0.3) is 0 Å². The number of hydrazone groups is 1. The predicted molar refractivity (Wildman–Crippen MR) is 169 cm³/mol. The first-order chi connectivity index (χ1) is 20.9. The Labute approximate surface area is 256 Å². The van der Waals surface area contributed by atoms with Crippen molar-refractivity contribution >= 4 is 17.4 Å². The van der Waals surface area contributed by atoms with Crippen molar-refractivity contribution < 1.29 is 9.18 Å². The van der Waals surface area contributed by atoms with Crippen molar-refractivity contribution in [3.8, 4) is 6.07 Å². The highest BCUT2D eigenvalue weighted by Crippen LogP contribution is 2.21. The SMILES string of the molecule is C=CN(C)/N=C(/Cn1c(=O)nc(NC2=C/C(=C/C)C(NC(C)CC)=CC2=O)n(Cc2ccc(F)c(C#N)c2)c1=O)C(C)CC. The van der Waals surface area contributed by atoms with Gasteiger partial charge in [0.1, 0.15) is 11.9 Å². The van der Waals surface area contributed by atoms with Crippen LogP contribution in [0.15, 0.2) is 80.9 Å². The van der Waals surface area contributed by atoms with E-state index in [1.54, 1.807) is 19.2 Å². The Hall–Kier alpha value is -5.05. The molecule has 232 valence electrons. The zero-order valence-electron chi connectivity index (χ0n) is 26.0. The summed E-state index contributed by atoms with van der Waals surface area (Å²) < 4.78 is 16.2. The van der Waals surface area contributed by atoms with Gasteiger partial charge in [-0.15, -0.1) is 0 Å². The van der Waals surface area contributed by atoms with Crippen molar-refractivity contribution in [1.82, 2.24) is 24.4 Å². The number of anilines is 1. The first-order valence-electron chi connectivity index (χ1n) is 14.5. The monoisotopic (exact) mass is 602 g/mol. The van der Waals surface area contributed by atoms with Crippen molar-refractivity contribution in [3.63, 3.8) is 0 Å². The van der Waals surface area contributed by atoms with Gasteiger partial charge in [-0.1, -0.05) is 39.5 Å². The summed E-state index contributed by atoms with van der Waals surface area (Å²) in [4.78, 5) is 44.7. The molecule has 2 atom stereocenters. The maximum absolute atomic E-state index is 14.1. The minimum atomic E-state index is -0.840. The van der Waals surface area contributed by atoms with Gasteiger partial charge in [0.2, 0.25) is 11.7 Å². The molecule has 2 N–H and O–H groups in total. The molecule has 2 unspecified atom stereocenters. The number of ketones is 1. The van der Waals surface area contributed by atoms with E-state index in [0.29, 0.717) is 23.4 Å². The molecule has 2 aromatic rings. The lowest BCUT2D eigenvalue weighted by molar-refractivity contribution is -0.111. The summed E-state index contributed by atoms with van der Waals surface area (Å²) in [5.74, 6) is -1.32. The molecule has 44 heavy (non-hydrogen) atoms. The summed E-state index contributed by atoms with van der Waals surface area (Å²) >= 11 is 0. The zero-order valence-corrected chi connectivity index (χ0v) is 26.0. The number of allylic oxidation sites excluding steroid dienone is 3. The molecule has 1 aromatic carbocycles. The van der Waals surface area contributed by atoms with Crippen molar-refractivity contribution in [2.45, 2.75) is 66.6 Å². The molecule has 0 saturated carbocycles. The molecule has 0 aliphatic heterocycles. The molecule has 11 nitrogen and oxygen atoms in total. The summed E-state index contributed by atoms with van der Waals surface area (Å²) in [5.41, 5.74) is 0.732. The van der Waals surface area contributed by atoms with Crippen LogP contribution < -0.4 is 22.0 Å². The van der Waals surface area contributed by atoms with Gasteiger partial charge in [0.25, 0.3) is 0 Å². The Morgan fingerprint density at radius 3 is 2.52 bits per heavy atom. The molecule has 0 radical (unpaired) electrons. The molecule has 1 aromatic heterocycles. The van der Waals surface area contributed by atoms with Gasteiger partial charge in [-0.3, -0.25) is 14.4 Å². The fourth-order valence-corrected chi connectivity index (χ4v) is 4.31. The Morgan fingerprint density at radius 1 is 1.18 bits per heavy atom. The molecule has 0 amide bonds. The third-order valence-corrected chi connectivity index (χ3v) is 7.42. The number of carbonyl (C=O) groups excluding carboxylic acids is 1. The number of hydrogen-bond acceptors (Lipinski definition) is 9. The summed E-state index contributed by atoms with van der Waals surface area (Å²) in [5, 5.41) is 21.5. The van der Waals surface area contributed by atoms with Gasteiger partial charge in [-0.2, -0.15) is 15.3 Å². The zero-order chi connectivity index (χ0) is 32.6. The quantitative estimate of drug-likeness (QED) is 0.259. The first-order valence-corrected chi connectivity index (χ1v) is 14.5. The number of hydrogen-bond donors (Lipinski definition) is 2. The minimum Gasteiger partial charge on any atom is -0.382 e. The van der Waals surface area contributed by atoms with Crippen LogP contribution >= 0.6 is 0 Å².